The molecule has 1 aliphatic rings. The van der Waals surface area contributed by atoms with Crippen molar-refractivity contribution in [2.75, 3.05) is 0 Å². The SMILES string of the molecule is N1O[SiH2]O1. The van der Waals surface area contributed by atoms with Crippen molar-refractivity contribution in [2.45, 2.75) is 0 Å². The number of rotatable bonds is 0. The average Bonchev–Trinajstić information content (AvgIpc) is 0.722. The Balaban J connectivity index is 2.00. The molecule has 0 aromatic carbocycles. The lowest BCUT2D eigenvalue weighted by atomic mass is 13.2. The van der Waals surface area contributed by atoms with Crippen LogP contribution in [0.2, 0.25) is 0 Å². The number of nitrogens with one attached hydrogen (secondary N) is 1. The summed E-state index contributed by atoms with van der Waals surface area (Å²) in [6.07, 6.45) is 0. The normalized spacial score (nSPS) is 24.0. The summed E-state index contributed by atoms with van der Waals surface area (Å²) < 4.78 is 8.78. The van der Waals surface area contributed by atoms with Crippen LogP contribution >= 0.6 is 0 Å². The second kappa shape index (κ2) is 0.811. The molecule has 0 aliphatic carbocycles. The van der Waals surface area contributed by atoms with Gasteiger partial charge in [-0.2, -0.15) is 0 Å². The fraction of sp³-hybridized carbons (Fsp3) is 0. The van der Waals surface area contributed by atoms with E-state index < -0.39 is 10.0 Å². The molecule has 4 heteroatoms. The molecule has 0 amide bonds. The summed E-state index contributed by atoms with van der Waals surface area (Å²) in [7, 11) is -0.506. The first-order valence-corrected chi connectivity index (χ1v) is 2.14. The molecule has 0 saturated carbocycles. The van der Waals surface area contributed by atoms with Gasteiger partial charge in [-0.1, -0.05) is 5.64 Å². The molecule has 0 aromatic rings. The molecular formula is H3NO2Si. The van der Waals surface area contributed by atoms with E-state index in [1.807, 2.05) is 0 Å². The molecule has 1 N–H and O–H groups in total. The van der Waals surface area contributed by atoms with Gasteiger partial charge in [-0.05, 0) is 0 Å². The van der Waals surface area contributed by atoms with Gasteiger partial charge < -0.3 is 0 Å². The third kappa shape index (κ3) is 0.150. The van der Waals surface area contributed by atoms with Crippen molar-refractivity contribution >= 4 is 10.0 Å². The molecule has 0 radical (unpaired) electrons. The molecule has 0 bridgehead atoms. The summed E-state index contributed by atoms with van der Waals surface area (Å²) in [5, 5.41) is 0. The monoisotopic (exact) mass is 77.0 g/mol. The van der Waals surface area contributed by atoms with Gasteiger partial charge in [-0.15, -0.1) is 0 Å². The van der Waals surface area contributed by atoms with Gasteiger partial charge in [-0.3, -0.25) is 9.05 Å². The standard InChI is InChI=1S/H3NO2Si/c1-2-4-3-1/h1H,4H2. The highest BCUT2D eigenvalue weighted by atomic mass is 28.3. The Bertz CT molecular complexity index is 14.0. The van der Waals surface area contributed by atoms with E-state index in [2.05, 4.69) is 14.7 Å². The van der Waals surface area contributed by atoms with E-state index in [0.29, 0.717) is 0 Å². The van der Waals surface area contributed by atoms with Gasteiger partial charge in [0.05, 0.1) is 0 Å². The van der Waals surface area contributed by atoms with Gasteiger partial charge in [0.1, 0.15) is 0 Å². The minimum atomic E-state index is -0.506. The smallest absolute Gasteiger partial charge is 0.295 e. The molecule has 4 heavy (non-hydrogen) atoms. The summed E-state index contributed by atoms with van der Waals surface area (Å²) in [5.74, 6) is 0. The largest absolute Gasteiger partial charge is 0.352 e. The number of hydrogen-bond donors (Lipinski definition) is 1. The van der Waals surface area contributed by atoms with E-state index in [-0.39, 0.29) is 0 Å². The zero-order chi connectivity index (χ0) is 2.83. The van der Waals surface area contributed by atoms with Crippen molar-refractivity contribution < 1.29 is 9.05 Å². The van der Waals surface area contributed by atoms with Crippen LogP contribution in [-0.2, 0) is 9.05 Å². The molecule has 0 aromatic heterocycles. The molecule has 0 spiro atoms. The predicted molar refractivity (Wildman–Crippen MR) is 13.8 cm³/mol. The predicted octanol–water partition coefficient (Wildman–Crippen LogP) is -1.55. The van der Waals surface area contributed by atoms with Crippen LogP contribution in [-0.4, -0.2) is 10.0 Å². The molecular weight excluding hydrogens is 74.1 g/mol. The molecule has 1 aliphatic heterocycles. The van der Waals surface area contributed by atoms with E-state index in [1.54, 1.807) is 0 Å². The molecule has 1 fully saturated rings. The van der Waals surface area contributed by atoms with Gasteiger partial charge in [0, 0.05) is 0 Å². The minimum Gasteiger partial charge on any atom is -0.295 e. The van der Waals surface area contributed by atoms with E-state index in [0.717, 1.165) is 0 Å². The van der Waals surface area contributed by atoms with Gasteiger partial charge in [0.2, 0.25) is 0 Å². The van der Waals surface area contributed by atoms with Crippen molar-refractivity contribution in [3.05, 3.63) is 0 Å². The van der Waals surface area contributed by atoms with Gasteiger partial charge in [-0.25, -0.2) is 0 Å². The minimum absolute atomic E-state index is 0.506. The average molecular weight is 77.1 g/mol. The summed E-state index contributed by atoms with van der Waals surface area (Å²) >= 11 is 0. The zero-order valence-electron chi connectivity index (χ0n) is 2.02. The van der Waals surface area contributed by atoms with Crippen molar-refractivity contribution in [3.63, 3.8) is 0 Å². The van der Waals surface area contributed by atoms with Gasteiger partial charge in [0.25, 0.3) is 0 Å². The lowest BCUT2D eigenvalue weighted by Gasteiger charge is -2.10. The first kappa shape index (κ1) is 2.34. The third-order valence-electron chi connectivity index (χ3n) is 0.236. The Labute approximate surface area is 25.9 Å². The Morgan fingerprint density at radius 3 is 1.75 bits per heavy atom. The van der Waals surface area contributed by atoms with Crippen LogP contribution in [0.1, 0.15) is 0 Å². The van der Waals surface area contributed by atoms with Crippen LogP contribution < -0.4 is 5.64 Å². The highest BCUT2D eigenvalue weighted by molar-refractivity contribution is 6.19. The van der Waals surface area contributed by atoms with Gasteiger partial charge >= 0.3 is 10.0 Å². The second-order valence-corrected chi connectivity index (χ2v) is 1.30. The van der Waals surface area contributed by atoms with Crippen LogP contribution in [0.25, 0.3) is 0 Å². The summed E-state index contributed by atoms with van der Waals surface area (Å²) in [6.45, 7) is 0. The summed E-state index contributed by atoms with van der Waals surface area (Å²) in [6, 6.07) is 0. The molecule has 0 unspecified atom stereocenters. The number of hydrogen-bond acceptors (Lipinski definition) is 3. The van der Waals surface area contributed by atoms with Crippen molar-refractivity contribution in [3.8, 4) is 0 Å². The van der Waals surface area contributed by atoms with Crippen LogP contribution in [0.5, 0.6) is 0 Å². The molecule has 0 atom stereocenters. The van der Waals surface area contributed by atoms with E-state index in [4.69, 9.17) is 0 Å². The molecule has 3 nitrogen and oxygen atoms in total. The van der Waals surface area contributed by atoms with Crippen molar-refractivity contribution in [2.24, 2.45) is 0 Å². The maximum atomic E-state index is 4.39. The summed E-state index contributed by atoms with van der Waals surface area (Å²) in [5.41, 5.74) is 2.17. The highest BCUT2D eigenvalue weighted by Crippen LogP contribution is 1.71. The first-order valence-electron chi connectivity index (χ1n) is 0.986. The maximum absolute atomic E-state index is 4.39. The van der Waals surface area contributed by atoms with Crippen molar-refractivity contribution in [1.82, 2.24) is 5.64 Å². The van der Waals surface area contributed by atoms with Crippen molar-refractivity contribution in [1.29, 1.82) is 0 Å². The zero-order valence-corrected chi connectivity index (χ0v) is 3.44. The molecule has 1 heterocycles. The Hall–Kier alpha value is 0.0969. The molecule has 1 rings (SSSR count). The third-order valence-corrected chi connectivity index (χ3v) is 0.707. The van der Waals surface area contributed by atoms with E-state index >= 15 is 0 Å². The second-order valence-electron chi connectivity index (χ2n) is 0.490. The quantitative estimate of drug-likeness (QED) is 0.355. The molecule has 1 saturated heterocycles. The Kier molecular flexibility index (Phi) is 0.475. The highest BCUT2D eigenvalue weighted by Gasteiger charge is 1.94. The van der Waals surface area contributed by atoms with E-state index in [1.165, 1.54) is 0 Å². The van der Waals surface area contributed by atoms with Gasteiger partial charge in [0.15, 0.2) is 0 Å². The lowest BCUT2D eigenvalue weighted by molar-refractivity contribution is -0.124. The van der Waals surface area contributed by atoms with E-state index in [9.17, 15) is 0 Å². The topological polar surface area (TPSA) is 30.5 Å². The first-order chi connectivity index (χ1) is 2.00. The van der Waals surface area contributed by atoms with Crippen LogP contribution in [0.15, 0.2) is 0 Å². The van der Waals surface area contributed by atoms with Crippen LogP contribution in [0.4, 0.5) is 0 Å². The van der Waals surface area contributed by atoms with Crippen LogP contribution in [0, 0.1) is 0 Å². The molecule has 24 valence electrons. The fourth-order valence-corrected chi connectivity index (χ4v) is 0.177. The maximum Gasteiger partial charge on any atom is 0.352 e. The summed E-state index contributed by atoms with van der Waals surface area (Å²) in [4.78, 5) is 0. The van der Waals surface area contributed by atoms with Crippen LogP contribution in [0.3, 0.4) is 0 Å². The Morgan fingerprint density at radius 2 is 1.75 bits per heavy atom. The Morgan fingerprint density at radius 1 is 1.50 bits per heavy atom. The fourth-order valence-electron chi connectivity index (χ4n) is 0.0589. The lowest BCUT2D eigenvalue weighted by Crippen LogP contribution is -2.33.